The van der Waals surface area contributed by atoms with Gasteiger partial charge in [-0.2, -0.15) is 13.2 Å². The molecule has 1 rings (SSSR count). The zero-order valence-corrected chi connectivity index (χ0v) is 12.1. The Balaban J connectivity index is 0.000000640. The Kier molecular flexibility index (Phi) is 7.69. The van der Waals surface area contributed by atoms with E-state index in [0.29, 0.717) is 0 Å². The Morgan fingerprint density at radius 2 is 1.17 bits per heavy atom. The molecule has 1 aliphatic carbocycles. The maximum Gasteiger partial charge on any atom is 0.490 e. The van der Waals surface area contributed by atoms with E-state index in [1.54, 1.807) is 0 Å². The SMILES string of the molecule is NC(N)=N[C@H]1C[C@@H](N=C(N)N)[C@H](O)C(O)[C@@H]1O.O=C(O)C(F)(F)F. The topological polar surface area (TPSA) is 227 Å². The van der Waals surface area contributed by atoms with Crippen LogP contribution in [0.3, 0.4) is 0 Å². The molecule has 11 nitrogen and oxygen atoms in total. The molecule has 140 valence electrons. The molecule has 0 amide bonds. The van der Waals surface area contributed by atoms with Crippen LogP contribution in [0.1, 0.15) is 6.42 Å². The van der Waals surface area contributed by atoms with Gasteiger partial charge in [0.15, 0.2) is 11.9 Å². The number of aliphatic carboxylic acids is 1. The van der Waals surface area contributed by atoms with E-state index in [9.17, 15) is 28.5 Å². The average molecular weight is 360 g/mol. The molecule has 0 spiro atoms. The summed E-state index contributed by atoms with van der Waals surface area (Å²) in [6, 6.07) is -1.52. The number of aliphatic hydroxyl groups is 3. The normalized spacial score (nSPS) is 29.7. The zero-order valence-electron chi connectivity index (χ0n) is 12.1. The van der Waals surface area contributed by atoms with E-state index in [2.05, 4.69) is 9.98 Å². The number of aliphatic imine (C=N–C) groups is 2. The number of nitrogens with two attached hydrogens (primary N) is 4. The molecule has 1 unspecified atom stereocenters. The number of nitrogens with zero attached hydrogens (tertiary/aromatic N) is 2. The first kappa shape index (κ1) is 21.7. The molecule has 0 radical (unpaired) electrons. The van der Waals surface area contributed by atoms with Crippen LogP contribution in [-0.2, 0) is 4.79 Å². The van der Waals surface area contributed by atoms with E-state index in [4.69, 9.17) is 32.8 Å². The Bertz CT molecular complexity index is 462. The number of carbonyl (C=O) groups is 1. The van der Waals surface area contributed by atoms with Crippen LogP contribution in [0.2, 0.25) is 0 Å². The van der Waals surface area contributed by atoms with E-state index in [0.717, 1.165) is 0 Å². The molecule has 0 bridgehead atoms. The Hall–Kier alpha value is -2.32. The fourth-order valence-corrected chi connectivity index (χ4v) is 1.82. The number of guanidine groups is 2. The fourth-order valence-electron chi connectivity index (χ4n) is 1.82. The van der Waals surface area contributed by atoms with E-state index < -0.39 is 42.5 Å². The van der Waals surface area contributed by atoms with Gasteiger partial charge in [-0.3, -0.25) is 0 Å². The molecule has 0 heterocycles. The summed E-state index contributed by atoms with van der Waals surface area (Å²) in [6.07, 6.45) is -8.89. The number of hydrogen-bond acceptors (Lipinski definition) is 6. The van der Waals surface area contributed by atoms with Crippen molar-refractivity contribution >= 4 is 17.9 Å². The first-order valence-electron chi connectivity index (χ1n) is 6.29. The van der Waals surface area contributed by atoms with Crippen LogP contribution < -0.4 is 22.9 Å². The van der Waals surface area contributed by atoms with Crippen LogP contribution >= 0.6 is 0 Å². The molecule has 0 aromatic heterocycles. The van der Waals surface area contributed by atoms with Crippen LogP contribution in [0.15, 0.2) is 9.98 Å². The lowest BCUT2D eigenvalue weighted by atomic mass is 9.84. The monoisotopic (exact) mass is 360 g/mol. The summed E-state index contributed by atoms with van der Waals surface area (Å²) >= 11 is 0. The molecular weight excluding hydrogens is 341 g/mol. The van der Waals surface area contributed by atoms with Crippen LogP contribution in [0.4, 0.5) is 13.2 Å². The standard InChI is InChI=1S/C8H18N6O3.C2HF3O2/c9-7(10)13-2-1-3(14-8(11)12)5(16)6(17)4(2)15;3-2(4,5)1(6)7/h2-6,15-17H,1H2,(H4,9,10,13)(H4,11,12,14);(H,6,7)/t2-,3+,4+,5-,6?;. The minimum Gasteiger partial charge on any atom is -0.475 e. The highest BCUT2D eigenvalue weighted by atomic mass is 19.4. The van der Waals surface area contributed by atoms with Gasteiger partial charge in [0.05, 0.1) is 12.1 Å². The lowest BCUT2D eigenvalue weighted by molar-refractivity contribution is -0.192. The minimum atomic E-state index is -5.08. The third-order valence-corrected chi connectivity index (χ3v) is 2.84. The summed E-state index contributed by atoms with van der Waals surface area (Å²) in [5.74, 6) is -3.20. The number of rotatable bonds is 2. The van der Waals surface area contributed by atoms with Gasteiger partial charge in [-0.05, 0) is 6.42 Å². The summed E-state index contributed by atoms with van der Waals surface area (Å²) in [5, 5.41) is 36.1. The van der Waals surface area contributed by atoms with Gasteiger partial charge in [0.1, 0.15) is 18.3 Å². The molecule has 5 atom stereocenters. The largest absolute Gasteiger partial charge is 0.490 e. The second-order valence-electron chi connectivity index (χ2n) is 4.75. The smallest absolute Gasteiger partial charge is 0.475 e. The molecule has 0 aliphatic heterocycles. The summed E-state index contributed by atoms with van der Waals surface area (Å²) < 4.78 is 31.7. The van der Waals surface area contributed by atoms with Gasteiger partial charge in [-0.15, -0.1) is 0 Å². The van der Waals surface area contributed by atoms with Crippen molar-refractivity contribution in [2.24, 2.45) is 32.9 Å². The van der Waals surface area contributed by atoms with E-state index >= 15 is 0 Å². The van der Waals surface area contributed by atoms with E-state index in [-0.39, 0.29) is 18.3 Å². The molecule has 1 fully saturated rings. The van der Waals surface area contributed by atoms with Crippen LogP contribution in [-0.4, -0.2) is 74.9 Å². The van der Waals surface area contributed by atoms with Gasteiger partial charge >= 0.3 is 12.1 Å². The van der Waals surface area contributed by atoms with Crippen molar-refractivity contribution in [2.75, 3.05) is 0 Å². The second kappa shape index (κ2) is 8.51. The van der Waals surface area contributed by atoms with Crippen molar-refractivity contribution in [3.05, 3.63) is 0 Å². The minimum absolute atomic E-state index is 0.134. The quantitative estimate of drug-likeness (QED) is 0.179. The van der Waals surface area contributed by atoms with E-state index in [1.165, 1.54) is 0 Å². The fraction of sp³-hybridized carbons (Fsp3) is 0.700. The van der Waals surface area contributed by atoms with Gasteiger partial charge < -0.3 is 43.4 Å². The van der Waals surface area contributed by atoms with Gasteiger partial charge in [-0.25, -0.2) is 14.8 Å². The van der Waals surface area contributed by atoms with Gasteiger partial charge in [0.25, 0.3) is 0 Å². The van der Waals surface area contributed by atoms with Crippen molar-refractivity contribution in [3.63, 3.8) is 0 Å². The Morgan fingerprint density at radius 1 is 0.875 bits per heavy atom. The molecule has 14 heteroatoms. The van der Waals surface area contributed by atoms with Crippen LogP contribution in [0.5, 0.6) is 0 Å². The van der Waals surface area contributed by atoms with Crippen molar-refractivity contribution in [2.45, 2.75) is 43.0 Å². The molecular formula is C10H19F3N6O5. The summed E-state index contributed by atoms with van der Waals surface area (Å²) in [7, 11) is 0. The van der Waals surface area contributed by atoms with E-state index in [1.807, 2.05) is 0 Å². The lowest BCUT2D eigenvalue weighted by Crippen LogP contribution is -2.55. The molecule has 0 aromatic rings. The maximum atomic E-state index is 10.6. The Labute approximate surface area is 133 Å². The molecule has 0 saturated heterocycles. The predicted molar refractivity (Wildman–Crippen MR) is 75.5 cm³/mol. The van der Waals surface area contributed by atoms with Gasteiger partial charge in [0.2, 0.25) is 0 Å². The molecule has 1 saturated carbocycles. The number of carboxylic acids is 1. The third kappa shape index (κ3) is 6.84. The number of carboxylic acid groups (broad SMARTS) is 1. The number of hydrogen-bond donors (Lipinski definition) is 8. The van der Waals surface area contributed by atoms with Crippen molar-refractivity contribution in [3.8, 4) is 0 Å². The van der Waals surface area contributed by atoms with Gasteiger partial charge in [-0.1, -0.05) is 0 Å². The van der Waals surface area contributed by atoms with Crippen LogP contribution in [0, 0.1) is 0 Å². The number of halogens is 3. The highest BCUT2D eigenvalue weighted by molar-refractivity contribution is 5.76. The third-order valence-electron chi connectivity index (χ3n) is 2.84. The highest BCUT2D eigenvalue weighted by Crippen LogP contribution is 2.25. The first-order valence-corrected chi connectivity index (χ1v) is 6.29. The van der Waals surface area contributed by atoms with Crippen molar-refractivity contribution in [1.29, 1.82) is 0 Å². The van der Waals surface area contributed by atoms with Crippen molar-refractivity contribution in [1.82, 2.24) is 0 Å². The summed E-state index contributed by atoms with van der Waals surface area (Å²) in [4.78, 5) is 16.4. The second-order valence-corrected chi connectivity index (χ2v) is 4.75. The van der Waals surface area contributed by atoms with Gasteiger partial charge in [0, 0.05) is 0 Å². The first-order chi connectivity index (χ1) is 10.8. The molecule has 24 heavy (non-hydrogen) atoms. The summed E-state index contributed by atoms with van der Waals surface area (Å²) in [6.45, 7) is 0. The molecule has 12 N–H and O–H groups in total. The number of aliphatic hydroxyl groups excluding tert-OH is 3. The molecule has 1 aliphatic rings. The van der Waals surface area contributed by atoms with Crippen molar-refractivity contribution < 1.29 is 38.4 Å². The number of alkyl halides is 3. The highest BCUT2D eigenvalue weighted by Gasteiger charge is 2.43. The van der Waals surface area contributed by atoms with Crippen LogP contribution in [0.25, 0.3) is 0 Å². The average Bonchev–Trinajstić information content (AvgIpc) is 2.40. The zero-order chi connectivity index (χ0) is 19.2. The lowest BCUT2D eigenvalue weighted by Gasteiger charge is -2.37. The summed E-state index contributed by atoms with van der Waals surface area (Å²) in [5.41, 5.74) is 20.8. The molecule has 0 aromatic carbocycles. The Morgan fingerprint density at radius 3 is 1.38 bits per heavy atom. The maximum absolute atomic E-state index is 10.6. The predicted octanol–water partition coefficient (Wildman–Crippen LogP) is -3.61.